The average molecular weight is 538 g/mol. The predicted octanol–water partition coefficient (Wildman–Crippen LogP) is 6.64. The number of rotatable bonds is 9. The summed E-state index contributed by atoms with van der Waals surface area (Å²) >= 11 is 3.41. The number of hydrogen-bond donors (Lipinski definition) is 4. The van der Waals surface area contributed by atoms with Crippen molar-refractivity contribution in [2.45, 2.75) is 25.9 Å². The summed E-state index contributed by atoms with van der Waals surface area (Å²) in [6, 6.07) is 21.0. The van der Waals surface area contributed by atoms with Crippen molar-refractivity contribution in [2.24, 2.45) is 5.92 Å². The highest BCUT2D eigenvalue weighted by Gasteiger charge is 2.26. The number of hydrogen-bond acceptors (Lipinski definition) is 5. The van der Waals surface area contributed by atoms with Crippen molar-refractivity contribution in [3.63, 3.8) is 0 Å². The van der Waals surface area contributed by atoms with Crippen molar-refractivity contribution in [2.75, 3.05) is 16.4 Å². The van der Waals surface area contributed by atoms with E-state index in [2.05, 4.69) is 26.6 Å². The van der Waals surface area contributed by atoms with E-state index in [0.717, 1.165) is 4.47 Å². The Morgan fingerprint density at radius 3 is 2.51 bits per heavy atom. The third kappa shape index (κ3) is 7.89. The van der Waals surface area contributed by atoms with Crippen LogP contribution < -0.4 is 16.4 Å². The molecule has 0 aliphatic heterocycles. The number of carbonyl (C=O) groups excluding carboxylic acids is 2. The predicted molar refractivity (Wildman–Crippen MR) is 142 cm³/mol. The molecule has 0 aliphatic carbocycles. The largest absolute Gasteiger partial charge is 0.508 e. The summed E-state index contributed by atoms with van der Waals surface area (Å²) in [6.45, 7) is 1.93. The third-order valence-electron chi connectivity index (χ3n) is 5.34. The molecule has 0 fully saturated rings. The molecule has 0 spiro atoms. The van der Waals surface area contributed by atoms with Gasteiger partial charge in [0.25, 0.3) is 0 Å². The van der Waals surface area contributed by atoms with Crippen LogP contribution in [-0.2, 0) is 9.53 Å². The number of allylic oxidation sites excluding steroid dienone is 1. The molecule has 7 nitrogen and oxygen atoms in total. The van der Waals surface area contributed by atoms with E-state index in [1.807, 2.05) is 25.1 Å². The monoisotopic (exact) mass is 537 g/mol. The van der Waals surface area contributed by atoms with Gasteiger partial charge in [0, 0.05) is 15.7 Å². The molecule has 2 amide bonds. The van der Waals surface area contributed by atoms with Gasteiger partial charge in [-0.05, 0) is 67.3 Å². The highest BCUT2D eigenvalue weighted by atomic mass is 79.9. The number of nitrogens with two attached hydrogens (primary N) is 1. The lowest BCUT2D eigenvalue weighted by atomic mass is 9.92. The SMILES string of the molecule is C[C@H](CC/C=C/C(=O)Nc1ccccc1N)[C@H](OC(=O)Nc1ccccc1)c1cc(Br)ccc1O. The van der Waals surface area contributed by atoms with Crippen LogP contribution in [0.4, 0.5) is 21.9 Å². The Balaban J connectivity index is 1.64. The van der Waals surface area contributed by atoms with Crippen molar-refractivity contribution >= 4 is 45.0 Å². The lowest BCUT2D eigenvalue weighted by molar-refractivity contribution is -0.111. The molecule has 0 aliphatic rings. The number of halogens is 1. The molecular weight excluding hydrogens is 510 g/mol. The molecule has 8 heteroatoms. The van der Waals surface area contributed by atoms with Crippen LogP contribution >= 0.6 is 15.9 Å². The number of phenolic OH excluding ortho intramolecular Hbond substituents is 1. The fourth-order valence-corrected chi connectivity index (χ4v) is 3.89. The zero-order valence-electron chi connectivity index (χ0n) is 19.3. The molecule has 0 bridgehead atoms. The molecular formula is C27H28BrN3O4. The summed E-state index contributed by atoms with van der Waals surface area (Å²) in [6.07, 6.45) is 3.05. The minimum absolute atomic E-state index is 0.0351. The Bertz CT molecular complexity index is 1180. The number of carbonyl (C=O) groups is 2. The smallest absolute Gasteiger partial charge is 0.412 e. The molecule has 2 atom stereocenters. The van der Waals surface area contributed by atoms with Gasteiger partial charge in [-0.2, -0.15) is 0 Å². The van der Waals surface area contributed by atoms with E-state index in [1.165, 1.54) is 6.08 Å². The second-order valence-corrected chi connectivity index (χ2v) is 8.97. The van der Waals surface area contributed by atoms with Crippen molar-refractivity contribution in [1.29, 1.82) is 0 Å². The summed E-state index contributed by atoms with van der Waals surface area (Å²) < 4.78 is 6.52. The molecule has 182 valence electrons. The van der Waals surface area contributed by atoms with Crippen LogP contribution in [-0.4, -0.2) is 17.1 Å². The number of ether oxygens (including phenoxy) is 1. The van der Waals surface area contributed by atoms with Crippen molar-refractivity contribution < 1.29 is 19.4 Å². The summed E-state index contributed by atoms with van der Waals surface area (Å²) in [5, 5.41) is 15.9. The Morgan fingerprint density at radius 2 is 1.77 bits per heavy atom. The fourth-order valence-electron chi connectivity index (χ4n) is 3.51. The van der Waals surface area contributed by atoms with Gasteiger partial charge < -0.3 is 20.9 Å². The van der Waals surface area contributed by atoms with Gasteiger partial charge in [0.15, 0.2) is 0 Å². The van der Waals surface area contributed by atoms with Crippen LogP contribution in [0.3, 0.4) is 0 Å². The Morgan fingerprint density at radius 1 is 1.06 bits per heavy atom. The first-order valence-electron chi connectivity index (χ1n) is 11.2. The van der Waals surface area contributed by atoms with E-state index in [9.17, 15) is 14.7 Å². The summed E-state index contributed by atoms with van der Waals surface area (Å²) in [5.41, 5.74) is 8.00. The average Bonchev–Trinajstić information content (AvgIpc) is 2.84. The number of phenols is 1. The molecule has 0 aromatic heterocycles. The van der Waals surface area contributed by atoms with Crippen LogP contribution in [0.15, 0.2) is 89.4 Å². The molecule has 5 N–H and O–H groups in total. The second-order valence-electron chi connectivity index (χ2n) is 8.05. The first kappa shape index (κ1) is 25.8. The molecule has 35 heavy (non-hydrogen) atoms. The summed E-state index contributed by atoms with van der Waals surface area (Å²) in [7, 11) is 0. The van der Waals surface area contributed by atoms with Gasteiger partial charge in [-0.25, -0.2) is 4.79 Å². The minimum atomic E-state index is -0.706. The number of aromatic hydroxyl groups is 1. The molecule has 3 aromatic carbocycles. The van der Waals surface area contributed by atoms with Gasteiger partial charge in [-0.3, -0.25) is 10.1 Å². The lowest BCUT2D eigenvalue weighted by Crippen LogP contribution is -2.22. The Labute approximate surface area is 213 Å². The summed E-state index contributed by atoms with van der Waals surface area (Å²) in [5.74, 6) is -0.405. The number of amides is 2. The van der Waals surface area contributed by atoms with Crippen LogP contribution in [0, 0.1) is 5.92 Å². The number of benzene rings is 3. The van der Waals surface area contributed by atoms with Gasteiger partial charge in [-0.1, -0.05) is 59.3 Å². The molecule has 0 radical (unpaired) electrons. The molecule has 3 rings (SSSR count). The molecule has 3 aromatic rings. The molecule has 0 unspecified atom stereocenters. The summed E-state index contributed by atoms with van der Waals surface area (Å²) in [4.78, 5) is 24.8. The van der Waals surface area contributed by atoms with E-state index < -0.39 is 12.2 Å². The first-order chi connectivity index (χ1) is 16.8. The number of para-hydroxylation sites is 3. The highest BCUT2D eigenvalue weighted by molar-refractivity contribution is 9.10. The van der Waals surface area contributed by atoms with Crippen LogP contribution in [0.1, 0.15) is 31.4 Å². The maximum atomic E-state index is 12.6. The molecule has 0 saturated carbocycles. The van der Waals surface area contributed by atoms with Gasteiger partial charge in [0.1, 0.15) is 11.9 Å². The van der Waals surface area contributed by atoms with Gasteiger partial charge >= 0.3 is 6.09 Å². The van der Waals surface area contributed by atoms with Crippen molar-refractivity contribution in [3.8, 4) is 5.75 Å². The van der Waals surface area contributed by atoms with Crippen LogP contribution in [0.25, 0.3) is 0 Å². The lowest BCUT2D eigenvalue weighted by Gasteiger charge is -2.25. The topological polar surface area (TPSA) is 114 Å². The third-order valence-corrected chi connectivity index (χ3v) is 5.84. The minimum Gasteiger partial charge on any atom is -0.508 e. The quantitative estimate of drug-likeness (QED) is 0.180. The zero-order valence-corrected chi connectivity index (χ0v) is 20.9. The first-order valence-corrected chi connectivity index (χ1v) is 12.0. The maximum Gasteiger partial charge on any atom is 0.412 e. The normalized spacial score (nSPS) is 12.6. The maximum absolute atomic E-state index is 12.6. The Kier molecular flexibility index (Phi) is 9.31. The van der Waals surface area contributed by atoms with Gasteiger partial charge in [0.05, 0.1) is 11.4 Å². The fraction of sp³-hybridized carbons (Fsp3) is 0.185. The van der Waals surface area contributed by atoms with E-state index in [1.54, 1.807) is 60.7 Å². The molecule has 0 heterocycles. The van der Waals surface area contributed by atoms with E-state index in [4.69, 9.17) is 10.5 Å². The highest BCUT2D eigenvalue weighted by Crippen LogP contribution is 2.36. The molecule has 0 saturated heterocycles. The van der Waals surface area contributed by atoms with Crippen molar-refractivity contribution in [3.05, 3.63) is 95.0 Å². The van der Waals surface area contributed by atoms with Crippen molar-refractivity contribution in [1.82, 2.24) is 0 Å². The van der Waals surface area contributed by atoms with Gasteiger partial charge in [-0.15, -0.1) is 0 Å². The van der Waals surface area contributed by atoms with E-state index in [0.29, 0.717) is 35.5 Å². The second kappa shape index (κ2) is 12.6. The number of anilines is 3. The van der Waals surface area contributed by atoms with Gasteiger partial charge in [0.2, 0.25) is 5.91 Å². The Hall–Kier alpha value is -3.78. The van der Waals surface area contributed by atoms with Crippen LogP contribution in [0.2, 0.25) is 0 Å². The number of nitrogens with one attached hydrogen (secondary N) is 2. The van der Waals surface area contributed by atoms with E-state index in [-0.39, 0.29) is 17.6 Å². The zero-order chi connectivity index (χ0) is 25.2. The van der Waals surface area contributed by atoms with Crippen LogP contribution in [0.5, 0.6) is 5.75 Å². The standard InChI is InChI=1S/C27H28BrN3O4/c1-18(9-5-8-14-25(33)31-23-13-7-6-12-22(23)29)26(21-17-19(28)15-16-24(21)32)35-27(34)30-20-10-3-2-4-11-20/h2-4,6-8,10-18,26,32H,5,9,29H2,1H3,(H,30,34)(H,31,33)/b14-8+/t18-,26+/m1/s1. The number of nitrogen functional groups attached to an aromatic ring is 1. The van der Waals surface area contributed by atoms with E-state index >= 15 is 0 Å².